The second-order valence-corrected chi connectivity index (χ2v) is 16.8. The molecule has 0 saturated carbocycles. The summed E-state index contributed by atoms with van der Waals surface area (Å²) in [6.45, 7) is 0. The van der Waals surface area contributed by atoms with Gasteiger partial charge < -0.3 is 8.83 Å². The molecule has 5 heterocycles. The van der Waals surface area contributed by atoms with Gasteiger partial charge in [-0.05, 0) is 64.7 Å². The highest BCUT2D eigenvalue weighted by atomic mass is 32.1. The summed E-state index contributed by atoms with van der Waals surface area (Å²) < 4.78 is 15.6. The number of pyridine rings is 1. The number of fused-ring (bicyclic) bond motifs is 9. The van der Waals surface area contributed by atoms with Gasteiger partial charge in [-0.25, -0.2) is 15.0 Å². The van der Waals surface area contributed by atoms with E-state index in [-0.39, 0.29) is 0 Å². The van der Waals surface area contributed by atoms with Crippen LogP contribution in [0.2, 0.25) is 0 Å². The van der Waals surface area contributed by atoms with Crippen molar-refractivity contribution < 1.29 is 8.83 Å². The maximum atomic E-state index is 6.77. The number of para-hydroxylation sites is 2. The Morgan fingerprint density at radius 2 is 0.968 bits per heavy atom. The van der Waals surface area contributed by atoms with Gasteiger partial charge in [0.15, 0.2) is 17.5 Å². The van der Waals surface area contributed by atoms with Gasteiger partial charge in [-0.1, -0.05) is 140 Å². The van der Waals surface area contributed by atoms with Crippen molar-refractivity contribution in [2.75, 3.05) is 0 Å². The lowest BCUT2D eigenvalue weighted by Crippen LogP contribution is -2.00. The Morgan fingerprint density at radius 3 is 1.73 bits per heavy atom. The molecule has 13 rings (SSSR count). The van der Waals surface area contributed by atoms with Gasteiger partial charge in [0, 0.05) is 81.9 Å². The smallest absolute Gasteiger partial charge is 0.164 e. The molecule has 0 bridgehead atoms. The fourth-order valence-electron chi connectivity index (χ4n) is 9.01. The zero-order valence-electron chi connectivity index (χ0n) is 33.5. The lowest BCUT2D eigenvalue weighted by molar-refractivity contribution is 0.669. The Morgan fingerprint density at radius 1 is 0.365 bits per heavy atom. The molecule has 0 N–H and O–H groups in total. The summed E-state index contributed by atoms with van der Waals surface area (Å²) in [5, 5.41) is 6.84. The summed E-state index contributed by atoms with van der Waals surface area (Å²) in [6.07, 6.45) is 3.65. The van der Waals surface area contributed by atoms with E-state index in [9.17, 15) is 0 Å². The largest absolute Gasteiger partial charge is 0.456 e. The Bertz CT molecular complexity index is 3910. The first-order chi connectivity index (χ1) is 31.2. The van der Waals surface area contributed by atoms with Gasteiger partial charge in [-0.3, -0.25) is 4.98 Å². The first-order valence-electron chi connectivity index (χ1n) is 20.8. The fraction of sp³-hybridized carbons (Fsp3) is 0. The van der Waals surface area contributed by atoms with Crippen LogP contribution in [0.1, 0.15) is 0 Å². The van der Waals surface area contributed by atoms with Gasteiger partial charge in [0.2, 0.25) is 0 Å². The highest BCUT2D eigenvalue weighted by molar-refractivity contribution is 7.26. The van der Waals surface area contributed by atoms with E-state index in [2.05, 4.69) is 151 Å². The number of aromatic nitrogens is 4. The predicted octanol–water partition coefficient (Wildman–Crippen LogP) is 15.4. The van der Waals surface area contributed by atoms with Crippen LogP contribution >= 0.6 is 11.3 Å². The first kappa shape index (κ1) is 35.5. The van der Waals surface area contributed by atoms with E-state index in [4.69, 9.17) is 23.8 Å². The minimum Gasteiger partial charge on any atom is -0.456 e. The summed E-state index contributed by atoms with van der Waals surface area (Å²) >= 11 is 1.83. The van der Waals surface area contributed by atoms with Crippen molar-refractivity contribution in [2.24, 2.45) is 0 Å². The second kappa shape index (κ2) is 14.2. The van der Waals surface area contributed by atoms with E-state index in [0.717, 1.165) is 88.4 Å². The van der Waals surface area contributed by atoms with Crippen LogP contribution in [0.5, 0.6) is 0 Å². The molecule has 0 fully saturated rings. The minimum atomic E-state index is 0.564. The molecule has 8 aromatic carbocycles. The molecule has 5 aromatic heterocycles. The summed E-state index contributed by atoms with van der Waals surface area (Å²) in [5.74, 6) is 1.72. The van der Waals surface area contributed by atoms with Crippen molar-refractivity contribution in [1.29, 1.82) is 0 Å². The summed E-state index contributed by atoms with van der Waals surface area (Å²) in [7, 11) is 0. The van der Waals surface area contributed by atoms with Crippen molar-refractivity contribution in [3.63, 3.8) is 0 Å². The normalized spacial score (nSPS) is 11.8. The Labute approximate surface area is 364 Å². The monoisotopic (exact) mass is 824 g/mol. The van der Waals surface area contributed by atoms with Gasteiger partial charge >= 0.3 is 0 Å². The third-order valence-corrected chi connectivity index (χ3v) is 13.3. The number of benzene rings is 8. The number of thiophene rings is 1. The average Bonchev–Trinajstić information content (AvgIpc) is 4.06. The zero-order chi connectivity index (χ0) is 41.4. The lowest BCUT2D eigenvalue weighted by Gasteiger charge is -2.11. The third-order valence-electron chi connectivity index (χ3n) is 12.1. The predicted molar refractivity (Wildman–Crippen MR) is 258 cm³/mol. The molecule has 0 unspecified atom stereocenters. The maximum Gasteiger partial charge on any atom is 0.164 e. The number of rotatable bonds is 6. The van der Waals surface area contributed by atoms with Gasteiger partial charge in [-0.15, -0.1) is 11.3 Å². The molecule has 0 aliphatic carbocycles. The number of furan rings is 2. The van der Waals surface area contributed by atoms with Gasteiger partial charge in [-0.2, -0.15) is 0 Å². The number of nitrogens with zero attached hydrogens (tertiary/aromatic N) is 4. The van der Waals surface area contributed by atoms with Crippen LogP contribution in [0, 0.1) is 0 Å². The summed E-state index contributed by atoms with van der Waals surface area (Å²) in [5.41, 5.74) is 12.5. The quantitative estimate of drug-likeness (QED) is 0.166. The van der Waals surface area contributed by atoms with E-state index >= 15 is 0 Å². The molecule has 0 spiro atoms. The summed E-state index contributed by atoms with van der Waals surface area (Å²) in [6, 6.07) is 63.1. The third kappa shape index (κ3) is 5.86. The molecule has 6 nitrogen and oxygen atoms in total. The van der Waals surface area contributed by atoms with Gasteiger partial charge in [0.25, 0.3) is 0 Å². The van der Waals surface area contributed by atoms with Crippen LogP contribution in [-0.2, 0) is 0 Å². The van der Waals surface area contributed by atoms with Gasteiger partial charge in [0.1, 0.15) is 22.3 Å². The van der Waals surface area contributed by atoms with Crippen molar-refractivity contribution in [2.45, 2.75) is 0 Å². The van der Waals surface area contributed by atoms with E-state index in [1.54, 1.807) is 6.20 Å². The van der Waals surface area contributed by atoms with Crippen molar-refractivity contribution in [1.82, 2.24) is 19.9 Å². The van der Waals surface area contributed by atoms with Crippen LogP contribution in [0.25, 0.3) is 132 Å². The molecule has 63 heavy (non-hydrogen) atoms. The molecule has 0 radical (unpaired) electrons. The average molecular weight is 825 g/mol. The van der Waals surface area contributed by atoms with E-state index in [1.165, 1.54) is 25.7 Å². The molecule has 294 valence electrons. The maximum absolute atomic E-state index is 6.77. The molecule has 0 atom stereocenters. The molecule has 0 aliphatic heterocycles. The Kier molecular flexibility index (Phi) is 7.98. The highest BCUT2D eigenvalue weighted by Crippen LogP contribution is 2.46. The molecule has 0 amide bonds. The molecular formula is C56H32N4O2S. The Hall–Kier alpha value is -8.26. The second-order valence-electron chi connectivity index (χ2n) is 15.8. The topological polar surface area (TPSA) is 77.8 Å². The lowest BCUT2D eigenvalue weighted by atomic mass is 9.93. The van der Waals surface area contributed by atoms with E-state index < -0.39 is 0 Å². The molecule has 0 aliphatic rings. The SMILES string of the molecule is c1cncc(-c2ccc(-c3nc(-c4ccc(-c5ccc(-c6cccc7c6sc6ccccc67)c6oc7ccccc7c56)cc4)nc(-c4ccc5c(c4)oc4ccccc45)n3)cc2)c1. The van der Waals surface area contributed by atoms with E-state index in [0.29, 0.717) is 17.5 Å². The van der Waals surface area contributed by atoms with Crippen LogP contribution in [0.15, 0.2) is 203 Å². The molecule has 7 heteroatoms. The van der Waals surface area contributed by atoms with E-state index in [1.807, 2.05) is 53.9 Å². The zero-order valence-corrected chi connectivity index (χ0v) is 34.3. The Balaban J connectivity index is 0.934. The molecule has 0 saturated heterocycles. The van der Waals surface area contributed by atoms with Crippen LogP contribution in [-0.4, -0.2) is 19.9 Å². The van der Waals surface area contributed by atoms with Crippen LogP contribution < -0.4 is 0 Å². The first-order valence-corrected chi connectivity index (χ1v) is 21.7. The van der Waals surface area contributed by atoms with Crippen molar-refractivity contribution >= 4 is 75.4 Å². The summed E-state index contributed by atoms with van der Waals surface area (Å²) in [4.78, 5) is 19.6. The molecular weight excluding hydrogens is 793 g/mol. The number of hydrogen-bond acceptors (Lipinski definition) is 7. The van der Waals surface area contributed by atoms with Crippen molar-refractivity contribution in [3.8, 4) is 67.5 Å². The standard InChI is InChI=1S/C56H32N4O2S/c1-4-15-47-40(10-1)41-27-26-37(31-49(41)61-47)56-59-54(35-22-18-33(19-23-35)38-9-8-30-57-32-38)58-55(60-56)36-24-20-34(21-25-36)39-28-29-43(52-51(39)46-12-2-5-16-48(46)62-52)45-14-7-13-44-42-11-3-6-17-50(42)63-53(44)45/h1-32H. The molecule has 13 aromatic rings. The van der Waals surface area contributed by atoms with Crippen LogP contribution in [0.4, 0.5) is 0 Å². The van der Waals surface area contributed by atoms with Crippen molar-refractivity contribution in [3.05, 3.63) is 194 Å². The number of hydrogen-bond donors (Lipinski definition) is 0. The minimum absolute atomic E-state index is 0.564. The van der Waals surface area contributed by atoms with Gasteiger partial charge in [0.05, 0.1) is 0 Å². The highest BCUT2D eigenvalue weighted by Gasteiger charge is 2.21. The fourth-order valence-corrected chi connectivity index (χ4v) is 10.2. The van der Waals surface area contributed by atoms with Crippen LogP contribution in [0.3, 0.4) is 0 Å².